The standard InChI is InChI=1S/C18H30N4O7/c1-10(2)8-11(19)16(26)21-12(5-6-15(24)25)17(27)20-9-14(23)22-7-3-4-13(22)18(28)29/h10-13H,3-9,19H2,1-2H3,(H,20,27)(H,21,26)(H,24,25)(H,28,29). The molecule has 0 aromatic carbocycles. The molecule has 11 nitrogen and oxygen atoms in total. The quantitative estimate of drug-likeness (QED) is 0.283. The van der Waals surface area contributed by atoms with Gasteiger partial charge in [-0.15, -0.1) is 0 Å². The Hall–Kier alpha value is -2.69. The van der Waals surface area contributed by atoms with Crippen LogP contribution in [0.1, 0.15) is 46.0 Å². The molecule has 3 atom stereocenters. The van der Waals surface area contributed by atoms with Gasteiger partial charge in [-0.25, -0.2) is 4.79 Å². The third-order valence-electron chi connectivity index (χ3n) is 4.61. The van der Waals surface area contributed by atoms with E-state index in [2.05, 4.69) is 10.6 Å². The van der Waals surface area contributed by atoms with Gasteiger partial charge in [0.25, 0.3) is 0 Å². The average molecular weight is 414 g/mol. The number of carbonyl (C=O) groups excluding carboxylic acids is 3. The van der Waals surface area contributed by atoms with E-state index in [1.807, 2.05) is 13.8 Å². The summed E-state index contributed by atoms with van der Waals surface area (Å²) in [6.07, 6.45) is 0.765. The predicted molar refractivity (Wildman–Crippen MR) is 102 cm³/mol. The minimum Gasteiger partial charge on any atom is -0.481 e. The van der Waals surface area contributed by atoms with Gasteiger partial charge >= 0.3 is 11.9 Å². The van der Waals surface area contributed by atoms with Gasteiger partial charge in [0.2, 0.25) is 17.7 Å². The van der Waals surface area contributed by atoms with Crippen LogP contribution in [0.4, 0.5) is 0 Å². The first-order valence-corrected chi connectivity index (χ1v) is 9.60. The SMILES string of the molecule is CC(C)CC(N)C(=O)NC(CCC(=O)O)C(=O)NCC(=O)N1CCCC1C(=O)O. The van der Waals surface area contributed by atoms with E-state index in [0.29, 0.717) is 19.3 Å². The number of nitrogens with one attached hydrogen (secondary N) is 2. The van der Waals surface area contributed by atoms with Gasteiger partial charge < -0.3 is 31.5 Å². The number of nitrogens with zero attached hydrogens (tertiary/aromatic N) is 1. The fourth-order valence-corrected chi connectivity index (χ4v) is 3.14. The van der Waals surface area contributed by atoms with Gasteiger partial charge in [-0.1, -0.05) is 13.8 Å². The van der Waals surface area contributed by atoms with Gasteiger partial charge in [-0.05, 0) is 31.6 Å². The van der Waals surface area contributed by atoms with E-state index < -0.39 is 54.3 Å². The summed E-state index contributed by atoms with van der Waals surface area (Å²) in [5.74, 6) is -3.95. The molecule has 11 heteroatoms. The van der Waals surface area contributed by atoms with E-state index >= 15 is 0 Å². The summed E-state index contributed by atoms with van der Waals surface area (Å²) in [7, 11) is 0. The van der Waals surface area contributed by atoms with Crippen molar-refractivity contribution in [2.45, 2.75) is 64.1 Å². The molecule has 29 heavy (non-hydrogen) atoms. The molecular formula is C18H30N4O7. The number of carboxylic acids is 2. The van der Waals surface area contributed by atoms with Crippen LogP contribution < -0.4 is 16.4 Å². The van der Waals surface area contributed by atoms with Crippen molar-refractivity contribution in [1.29, 1.82) is 0 Å². The highest BCUT2D eigenvalue weighted by molar-refractivity contribution is 5.93. The van der Waals surface area contributed by atoms with Crippen LogP contribution >= 0.6 is 0 Å². The van der Waals surface area contributed by atoms with Gasteiger partial charge in [-0.2, -0.15) is 0 Å². The Morgan fingerprint density at radius 1 is 1.14 bits per heavy atom. The van der Waals surface area contributed by atoms with Crippen LogP contribution in [0.25, 0.3) is 0 Å². The Bertz CT molecular complexity index is 638. The molecule has 6 N–H and O–H groups in total. The molecular weight excluding hydrogens is 384 g/mol. The normalized spacial score (nSPS) is 18.2. The van der Waals surface area contributed by atoms with Crippen molar-refractivity contribution in [3.8, 4) is 0 Å². The highest BCUT2D eigenvalue weighted by atomic mass is 16.4. The van der Waals surface area contributed by atoms with Gasteiger partial charge in [0.1, 0.15) is 12.1 Å². The molecule has 1 aliphatic rings. The van der Waals surface area contributed by atoms with Gasteiger partial charge in [0.05, 0.1) is 12.6 Å². The molecule has 0 saturated carbocycles. The van der Waals surface area contributed by atoms with Crippen molar-refractivity contribution >= 4 is 29.7 Å². The number of hydrogen-bond acceptors (Lipinski definition) is 6. The molecule has 0 spiro atoms. The summed E-state index contributed by atoms with van der Waals surface area (Å²) >= 11 is 0. The number of likely N-dealkylation sites (tertiary alicyclic amines) is 1. The smallest absolute Gasteiger partial charge is 0.326 e. The van der Waals surface area contributed by atoms with Crippen molar-refractivity contribution in [1.82, 2.24) is 15.5 Å². The van der Waals surface area contributed by atoms with E-state index in [1.165, 1.54) is 4.90 Å². The number of carboxylic acid groups (broad SMARTS) is 2. The number of aliphatic carboxylic acids is 2. The molecule has 164 valence electrons. The highest BCUT2D eigenvalue weighted by Crippen LogP contribution is 2.17. The first kappa shape index (κ1) is 24.3. The third kappa shape index (κ3) is 8.06. The summed E-state index contributed by atoms with van der Waals surface area (Å²) in [6, 6.07) is -2.94. The molecule has 1 aliphatic heterocycles. The number of carbonyl (C=O) groups is 5. The summed E-state index contributed by atoms with van der Waals surface area (Å²) in [5, 5.41) is 22.8. The Labute approximate surface area is 169 Å². The lowest BCUT2D eigenvalue weighted by Gasteiger charge is -2.23. The van der Waals surface area contributed by atoms with Gasteiger partial charge in [-0.3, -0.25) is 19.2 Å². The van der Waals surface area contributed by atoms with Crippen LogP contribution in [0.5, 0.6) is 0 Å². The zero-order valence-electron chi connectivity index (χ0n) is 16.7. The number of hydrogen-bond donors (Lipinski definition) is 5. The van der Waals surface area contributed by atoms with Crippen molar-refractivity contribution < 1.29 is 34.2 Å². The topological polar surface area (TPSA) is 179 Å². The molecule has 1 heterocycles. The summed E-state index contributed by atoms with van der Waals surface area (Å²) < 4.78 is 0. The summed E-state index contributed by atoms with van der Waals surface area (Å²) in [6.45, 7) is 3.61. The molecule has 1 fully saturated rings. The molecule has 3 unspecified atom stereocenters. The number of rotatable bonds is 11. The maximum atomic E-state index is 12.4. The summed E-state index contributed by atoms with van der Waals surface area (Å²) in [5.41, 5.74) is 5.79. The largest absolute Gasteiger partial charge is 0.481 e. The molecule has 1 saturated heterocycles. The molecule has 0 aromatic heterocycles. The van der Waals surface area contributed by atoms with E-state index in [1.54, 1.807) is 0 Å². The minimum absolute atomic E-state index is 0.155. The molecule has 3 amide bonds. The molecule has 1 rings (SSSR count). The van der Waals surface area contributed by atoms with Crippen LogP contribution in [0.15, 0.2) is 0 Å². The maximum Gasteiger partial charge on any atom is 0.326 e. The van der Waals surface area contributed by atoms with Crippen molar-refractivity contribution in [3.63, 3.8) is 0 Å². The Morgan fingerprint density at radius 3 is 2.34 bits per heavy atom. The van der Waals surface area contributed by atoms with Gasteiger partial charge in [0.15, 0.2) is 0 Å². The van der Waals surface area contributed by atoms with Crippen molar-refractivity contribution in [2.24, 2.45) is 11.7 Å². The van der Waals surface area contributed by atoms with Crippen LogP contribution in [0.2, 0.25) is 0 Å². The van der Waals surface area contributed by atoms with Crippen LogP contribution in [0.3, 0.4) is 0 Å². The zero-order valence-corrected chi connectivity index (χ0v) is 16.7. The van der Waals surface area contributed by atoms with Crippen molar-refractivity contribution in [3.05, 3.63) is 0 Å². The third-order valence-corrected chi connectivity index (χ3v) is 4.61. The van der Waals surface area contributed by atoms with E-state index in [0.717, 1.165) is 0 Å². The second-order valence-electron chi connectivity index (χ2n) is 7.53. The lowest BCUT2D eigenvalue weighted by molar-refractivity contribution is -0.148. The maximum absolute atomic E-state index is 12.4. The van der Waals surface area contributed by atoms with E-state index in [4.69, 9.17) is 15.9 Å². The van der Waals surface area contributed by atoms with E-state index in [-0.39, 0.29) is 25.3 Å². The molecule has 0 bridgehead atoms. The summed E-state index contributed by atoms with van der Waals surface area (Å²) in [4.78, 5) is 60.1. The Balaban J connectivity index is 2.68. The second kappa shape index (κ2) is 11.3. The highest BCUT2D eigenvalue weighted by Gasteiger charge is 2.34. The molecule has 0 aromatic rings. The van der Waals surface area contributed by atoms with Crippen molar-refractivity contribution in [2.75, 3.05) is 13.1 Å². The first-order valence-electron chi connectivity index (χ1n) is 9.60. The lowest BCUT2D eigenvalue weighted by atomic mass is 10.0. The minimum atomic E-state index is -1.17. The predicted octanol–water partition coefficient (Wildman–Crippen LogP) is -1.10. The number of amides is 3. The van der Waals surface area contributed by atoms with Crippen LogP contribution in [-0.4, -0.2) is 76.0 Å². The van der Waals surface area contributed by atoms with Gasteiger partial charge in [0, 0.05) is 13.0 Å². The molecule has 0 radical (unpaired) electrons. The van der Waals surface area contributed by atoms with E-state index in [9.17, 15) is 24.0 Å². The molecule has 0 aliphatic carbocycles. The second-order valence-corrected chi connectivity index (χ2v) is 7.53. The lowest BCUT2D eigenvalue weighted by Crippen LogP contribution is -2.53. The Kier molecular flexibility index (Phi) is 9.53. The fourth-order valence-electron chi connectivity index (χ4n) is 3.14. The number of nitrogens with two attached hydrogens (primary N) is 1. The van der Waals surface area contributed by atoms with Crippen LogP contribution in [-0.2, 0) is 24.0 Å². The fraction of sp³-hybridized carbons (Fsp3) is 0.722. The monoisotopic (exact) mass is 414 g/mol. The first-order chi connectivity index (χ1) is 13.5. The zero-order chi connectivity index (χ0) is 22.1. The van der Waals surface area contributed by atoms with Crippen LogP contribution in [0, 0.1) is 5.92 Å². The average Bonchev–Trinajstić information content (AvgIpc) is 3.12. The Morgan fingerprint density at radius 2 is 1.79 bits per heavy atom.